The molecule has 22 heavy (non-hydrogen) atoms. The molecule has 2 rings (SSSR count). The lowest BCUT2D eigenvalue weighted by atomic mass is 9.84. The van der Waals surface area contributed by atoms with Crippen LogP contribution in [0.2, 0.25) is 0 Å². The van der Waals surface area contributed by atoms with Crippen LogP contribution in [0, 0.1) is 5.92 Å². The number of ether oxygens (including phenoxy) is 1. The minimum Gasteiger partial charge on any atom is -0.493 e. The van der Waals surface area contributed by atoms with Crippen LogP contribution in [0.4, 0.5) is 5.95 Å². The van der Waals surface area contributed by atoms with Gasteiger partial charge in [0.05, 0.1) is 12.0 Å². The van der Waals surface area contributed by atoms with Crippen molar-refractivity contribution in [1.82, 2.24) is 20.6 Å². The van der Waals surface area contributed by atoms with Crippen LogP contribution in [0.3, 0.4) is 0 Å². The smallest absolute Gasteiger partial charge is 0.269 e. The highest BCUT2D eigenvalue weighted by atomic mass is 16.5. The molecule has 2 aromatic rings. The normalized spacial score (nSPS) is 11.5. The first kappa shape index (κ1) is 15.9. The lowest BCUT2D eigenvalue weighted by Crippen LogP contribution is -2.35. The minimum absolute atomic E-state index is 0.162. The fraction of sp³-hybridized carbons (Fsp3) is 0.467. The van der Waals surface area contributed by atoms with Gasteiger partial charge < -0.3 is 4.74 Å². The molecule has 0 fully saturated rings. The summed E-state index contributed by atoms with van der Waals surface area (Å²) in [6.07, 6.45) is 0. The van der Waals surface area contributed by atoms with E-state index in [1.54, 1.807) is 0 Å². The van der Waals surface area contributed by atoms with E-state index in [0.717, 1.165) is 11.3 Å². The third kappa shape index (κ3) is 3.81. The Balaban J connectivity index is 2.06. The lowest BCUT2D eigenvalue weighted by Gasteiger charge is -2.23. The second-order valence-corrected chi connectivity index (χ2v) is 6.04. The summed E-state index contributed by atoms with van der Waals surface area (Å²) in [4.78, 5) is 12.4. The van der Waals surface area contributed by atoms with Crippen molar-refractivity contribution in [2.24, 2.45) is 5.92 Å². The molecule has 7 nitrogen and oxygen atoms in total. The Kier molecular flexibility index (Phi) is 4.75. The number of aromatic nitrogens is 4. The van der Waals surface area contributed by atoms with Crippen LogP contribution in [0.5, 0.6) is 5.75 Å². The molecular formula is C15H21N5O2. The van der Waals surface area contributed by atoms with E-state index < -0.39 is 5.41 Å². The first-order valence-electron chi connectivity index (χ1n) is 7.18. The third-order valence-corrected chi connectivity index (χ3v) is 3.30. The summed E-state index contributed by atoms with van der Waals surface area (Å²) in [7, 11) is 0. The molecule has 0 aliphatic rings. The minimum atomic E-state index is -0.725. The number of nitrogens with one attached hydrogen (secondary N) is 2. The van der Waals surface area contributed by atoms with Gasteiger partial charge in [0, 0.05) is 0 Å². The van der Waals surface area contributed by atoms with E-state index in [4.69, 9.17) is 4.74 Å². The molecule has 7 heteroatoms. The summed E-state index contributed by atoms with van der Waals surface area (Å²) in [5.74, 6) is 1.23. The highest BCUT2D eigenvalue weighted by molar-refractivity contribution is 5.97. The standard InChI is InChI=1S/C15H21N5O2/c1-10(2)9-22-12-7-5-11(6-8-12)15(3,4)13(21)16-14-17-19-20-18-14/h5-8,10H,9H2,1-4H3,(H2,16,17,18,19,20,21). The average Bonchev–Trinajstić information content (AvgIpc) is 2.98. The summed E-state index contributed by atoms with van der Waals surface area (Å²) in [5, 5.41) is 15.8. The molecule has 2 N–H and O–H groups in total. The van der Waals surface area contributed by atoms with Gasteiger partial charge in [0.2, 0.25) is 5.91 Å². The van der Waals surface area contributed by atoms with Crippen molar-refractivity contribution < 1.29 is 9.53 Å². The van der Waals surface area contributed by atoms with Crippen LogP contribution in [-0.4, -0.2) is 33.1 Å². The van der Waals surface area contributed by atoms with Crippen molar-refractivity contribution in [2.45, 2.75) is 33.1 Å². The van der Waals surface area contributed by atoms with Crippen LogP contribution in [0.1, 0.15) is 33.3 Å². The maximum atomic E-state index is 12.4. The molecule has 0 spiro atoms. The van der Waals surface area contributed by atoms with Crippen LogP contribution in [0.15, 0.2) is 24.3 Å². The van der Waals surface area contributed by atoms with Gasteiger partial charge in [0.1, 0.15) is 5.75 Å². The monoisotopic (exact) mass is 303 g/mol. The molecule has 1 aromatic carbocycles. The molecule has 0 radical (unpaired) electrons. The van der Waals surface area contributed by atoms with Gasteiger partial charge in [-0.3, -0.25) is 10.1 Å². The summed E-state index contributed by atoms with van der Waals surface area (Å²) in [6, 6.07) is 7.54. The molecule has 0 aliphatic heterocycles. The summed E-state index contributed by atoms with van der Waals surface area (Å²) < 4.78 is 5.65. The van der Waals surface area contributed by atoms with Gasteiger partial charge in [-0.25, -0.2) is 0 Å². The number of tetrazole rings is 1. The number of carbonyl (C=O) groups excluding carboxylic acids is 1. The van der Waals surface area contributed by atoms with Crippen molar-refractivity contribution in [3.8, 4) is 5.75 Å². The Morgan fingerprint density at radius 2 is 2.00 bits per heavy atom. The zero-order valence-corrected chi connectivity index (χ0v) is 13.3. The SMILES string of the molecule is CC(C)COc1ccc(C(C)(C)C(=O)Nc2nn[nH]n2)cc1. The topological polar surface area (TPSA) is 92.8 Å². The number of carbonyl (C=O) groups is 1. The van der Waals surface area contributed by atoms with E-state index in [9.17, 15) is 4.79 Å². The second kappa shape index (κ2) is 6.55. The Hall–Kier alpha value is -2.44. The van der Waals surface area contributed by atoms with Crippen molar-refractivity contribution in [1.29, 1.82) is 0 Å². The molecule has 0 atom stereocenters. The van der Waals surface area contributed by atoms with Crippen molar-refractivity contribution >= 4 is 11.9 Å². The van der Waals surface area contributed by atoms with Gasteiger partial charge in [0.15, 0.2) is 0 Å². The average molecular weight is 303 g/mol. The van der Waals surface area contributed by atoms with Gasteiger partial charge in [-0.1, -0.05) is 31.1 Å². The predicted molar refractivity (Wildman–Crippen MR) is 82.6 cm³/mol. The maximum Gasteiger partial charge on any atom is 0.269 e. The predicted octanol–water partition coefficient (Wildman–Crippen LogP) is 2.15. The zero-order chi connectivity index (χ0) is 16.2. The van der Waals surface area contributed by atoms with Gasteiger partial charge >= 0.3 is 0 Å². The van der Waals surface area contributed by atoms with Crippen LogP contribution in [0.25, 0.3) is 0 Å². The third-order valence-electron chi connectivity index (χ3n) is 3.30. The molecule has 1 aromatic heterocycles. The highest BCUT2D eigenvalue weighted by Gasteiger charge is 2.30. The number of hydrogen-bond donors (Lipinski definition) is 2. The molecule has 0 unspecified atom stereocenters. The van der Waals surface area contributed by atoms with Gasteiger partial charge in [0.25, 0.3) is 5.95 Å². The van der Waals surface area contributed by atoms with E-state index in [1.807, 2.05) is 38.1 Å². The second-order valence-electron chi connectivity index (χ2n) is 6.04. The fourth-order valence-electron chi connectivity index (χ4n) is 1.83. The zero-order valence-electron chi connectivity index (χ0n) is 13.3. The Morgan fingerprint density at radius 1 is 1.32 bits per heavy atom. The van der Waals surface area contributed by atoms with Crippen LogP contribution in [-0.2, 0) is 10.2 Å². The maximum absolute atomic E-state index is 12.4. The first-order chi connectivity index (χ1) is 10.4. The molecule has 0 saturated heterocycles. The lowest BCUT2D eigenvalue weighted by molar-refractivity contribution is -0.120. The molecule has 1 amide bonds. The largest absolute Gasteiger partial charge is 0.493 e. The van der Waals surface area contributed by atoms with Crippen molar-refractivity contribution in [3.63, 3.8) is 0 Å². The number of nitrogens with zero attached hydrogens (tertiary/aromatic N) is 3. The van der Waals surface area contributed by atoms with Crippen LogP contribution < -0.4 is 10.1 Å². The number of aromatic amines is 1. The Labute approximate surface area is 129 Å². The van der Waals surface area contributed by atoms with E-state index >= 15 is 0 Å². The van der Waals surface area contributed by atoms with Gasteiger partial charge in [-0.15, -0.1) is 5.10 Å². The number of H-pyrrole nitrogens is 1. The molecule has 0 saturated carbocycles. The van der Waals surface area contributed by atoms with E-state index in [0.29, 0.717) is 12.5 Å². The molecular weight excluding hydrogens is 282 g/mol. The highest BCUT2D eigenvalue weighted by Crippen LogP contribution is 2.26. The summed E-state index contributed by atoms with van der Waals surface area (Å²) in [6.45, 7) is 8.54. The first-order valence-corrected chi connectivity index (χ1v) is 7.18. The van der Waals surface area contributed by atoms with Gasteiger partial charge in [-0.05, 0) is 42.7 Å². The Bertz CT molecular complexity index is 605. The van der Waals surface area contributed by atoms with Crippen molar-refractivity contribution in [2.75, 3.05) is 11.9 Å². The summed E-state index contributed by atoms with van der Waals surface area (Å²) in [5.41, 5.74) is 0.155. The van der Waals surface area contributed by atoms with E-state index in [2.05, 4.69) is 39.8 Å². The number of amides is 1. The van der Waals surface area contributed by atoms with Gasteiger partial charge in [-0.2, -0.15) is 5.21 Å². The molecule has 118 valence electrons. The fourth-order valence-corrected chi connectivity index (χ4v) is 1.83. The number of hydrogen-bond acceptors (Lipinski definition) is 5. The Morgan fingerprint density at radius 3 is 2.55 bits per heavy atom. The quantitative estimate of drug-likeness (QED) is 0.853. The molecule has 0 bridgehead atoms. The van der Waals surface area contributed by atoms with Crippen molar-refractivity contribution in [3.05, 3.63) is 29.8 Å². The summed E-state index contributed by atoms with van der Waals surface area (Å²) >= 11 is 0. The molecule has 0 aliphatic carbocycles. The number of anilines is 1. The number of benzene rings is 1. The van der Waals surface area contributed by atoms with E-state index in [1.165, 1.54) is 0 Å². The number of rotatable bonds is 6. The van der Waals surface area contributed by atoms with E-state index in [-0.39, 0.29) is 11.9 Å². The van der Waals surface area contributed by atoms with Crippen LogP contribution >= 0.6 is 0 Å². The molecule has 1 heterocycles.